The molecular weight excluding hydrogens is 272 g/mol. The summed E-state index contributed by atoms with van der Waals surface area (Å²) in [7, 11) is -3.04. The van der Waals surface area contributed by atoms with Gasteiger partial charge in [-0.2, -0.15) is 0 Å². The monoisotopic (exact) mass is 282 g/mol. The lowest BCUT2D eigenvalue weighted by Gasteiger charge is -1.99. The number of aromatic amines is 1. The summed E-state index contributed by atoms with van der Waals surface area (Å²) in [6.07, 6.45) is 1.14. The molecule has 0 aromatic carbocycles. The molecule has 1 rings (SSSR count). The van der Waals surface area contributed by atoms with Gasteiger partial charge in [0.1, 0.15) is 14.3 Å². The summed E-state index contributed by atoms with van der Waals surface area (Å²) < 4.78 is 23.5. The Morgan fingerprint density at radius 3 is 2.43 bits per heavy atom. The number of halogens is 1. The van der Waals surface area contributed by atoms with Gasteiger partial charge < -0.3 is 0 Å². The van der Waals surface area contributed by atoms with Crippen LogP contribution in [0.4, 0.5) is 0 Å². The van der Waals surface area contributed by atoms with Gasteiger partial charge in [-0.3, -0.25) is 14.6 Å². The highest BCUT2D eigenvalue weighted by atomic mass is 79.9. The van der Waals surface area contributed by atoms with Crippen LogP contribution in [-0.4, -0.2) is 30.2 Å². The Labute approximate surface area is 90.2 Å². The molecule has 0 amide bonds. The molecule has 80 valence electrons. The van der Waals surface area contributed by atoms with Gasteiger partial charge in [0.05, 0.1) is 12.3 Å². The third kappa shape index (κ3) is 2.71. The van der Waals surface area contributed by atoms with Crippen LogP contribution in [0, 0.1) is 6.92 Å². The van der Waals surface area contributed by atoms with Crippen LogP contribution >= 0.6 is 15.9 Å². The van der Waals surface area contributed by atoms with Crippen LogP contribution in [-0.2, 0) is 16.4 Å². The summed E-state index contributed by atoms with van der Waals surface area (Å²) >= 11 is 3.11. The molecular formula is C7H11BrN2O3S. The summed E-state index contributed by atoms with van der Waals surface area (Å²) in [6.45, 7) is 1.90. The van der Waals surface area contributed by atoms with Gasteiger partial charge in [0.25, 0.3) is 5.56 Å². The van der Waals surface area contributed by atoms with Gasteiger partial charge in [-0.05, 0) is 22.9 Å². The Bertz CT molecular complexity index is 486. The number of H-pyrrole nitrogens is 1. The summed E-state index contributed by atoms with van der Waals surface area (Å²) in [5.41, 5.74) is 0.467. The fraction of sp³-hybridized carbons (Fsp3) is 0.571. The van der Waals surface area contributed by atoms with Gasteiger partial charge >= 0.3 is 0 Å². The molecule has 0 radical (unpaired) electrons. The molecule has 7 heteroatoms. The second-order valence-electron chi connectivity index (χ2n) is 3.14. The van der Waals surface area contributed by atoms with E-state index in [2.05, 4.69) is 21.0 Å². The largest absolute Gasteiger partial charge is 0.299 e. The molecule has 0 unspecified atom stereocenters. The number of rotatable bonds is 3. The van der Waals surface area contributed by atoms with E-state index in [0.29, 0.717) is 10.2 Å². The molecule has 0 spiro atoms. The lowest BCUT2D eigenvalue weighted by Crippen LogP contribution is -2.21. The van der Waals surface area contributed by atoms with Crippen LogP contribution in [0.5, 0.6) is 0 Å². The van der Waals surface area contributed by atoms with Crippen molar-refractivity contribution in [3.05, 3.63) is 20.5 Å². The molecule has 0 aliphatic heterocycles. The predicted molar refractivity (Wildman–Crippen MR) is 57.2 cm³/mol. The maximum Gasteiger partial charge on any atom is 0.281 e. The minimum absolute atomic E-state index is 0.0424. The topological polar surface area (TPSA) is 71.9 Å². The van der Waals surface area contributed by atoms with Gasteiger partial charge in [0, 0.05) is 11.9 Å². The fourth-order valence-electron chi connectivity index (χ4n) is 0.996. The Morgan fingerprint density at radius 2 is 2.07 bits per heavy atom. The van der Waals surface area contributed by atoms with E-state index >= 15 is 0 Å². The molecule has 0 bridgehead atoms. The van der Waals surface area contributed by atoms with Gasteiger partial charge in [0.2, 0.25) is 0 Å². The average molecular weight is 283 g/mol. The molecule has 0 saturated heterocycles. The summed E-state index contributed by atoms with van der Waals surface area (Å²) in [5.74, 6) is -0.0424. The minimum atomic E-state index is -3.04. The zero-order valence-electron chi connectivity index (χ0n) is 7.87. The standard InChI is InChI=1S/C7H11BrN2O3S/c1-5-6(8)7(11)10(9-5)3-4-14(2,12)13/h9H,3-4H2,1-2H3. The highest BCUT2D eigenvalue weighted by molar-refractivity contribution is 9.10. The molecule has 0 atom stereocenters. The van der Waals surface area contributed by atoms with E-state index in [1.54, 1.807) is 6.92 Å². The zero-order valence-corrected chi connectivity index (χ0v) is 10.3. The Morgan fingerprint density at radius 1 is 1.50 bits per heavy atom. The smallest absolute Gasteiger partial charge is 0.281 e. The van der Waals surface area contributed by atoms with Gasteiger partial charge in [0.15, 0.2) is 0 Å². The van der Waals surface area contributed by atoms with E-state index in [4.69, 9.17) is 0 Å². The zero-order chi connectivity index (χ0) is 10.9. The van der Waals surface area contributed by atoms with Gasteiger partial charge in [-0.15, -0.1) is 0 Å². The maximum absolute atomic E-state index is 11.4. The first-order valence-corrected chi connectivity index (χ1v) is 6.79. The third-order valence-electron chi connectivity index (χ3n) is 1.75. The fourth-order valence-corrected chi connectivity index (χ4v) is 1.81. The number of aryl methyl sites for hydroxylation is 2. The van der Waals surface area contributed by atoms with Crippen molar-refractivity contribution in [3.8, 4) is 0 Å². The molecule has 1 aromatic heterocycles. The van der Waals surface area contributed by atoms with Crippen LogP contribution in [0.2, 0.25) is 0 Å². The van der Waals surface area contributed by atoms with Gasteiger partial charge in [-0.25, -0.2) is 8.42 Å². The van der Waals surface area contributed by atoms with E-state index in [0.717, 1.165) is 6.26 Å². The minimum Gasteiger partial charge on any atom is -0.299 e. The molecule has 5 nitrogen and oxygen atoms in total. The van der Waals surface area contributed by atoms with Crippen LogP contribution in [0.15, 0.2) is 9.27 Å². The number of hydrogen-bond acceptors (Lipinski definition) is 3. The van der Waals surface area contributed by atoms with Crippen molar-refractivity contribution < 1.29 is 8.42 Å². The molecule has 0 fully saturated rings. The first kappa shape index (κ1) is 11.5. The van der Waals surface area contributed by atoms with Crippen LogP contribution in [0.1, 0.15) is 5.69 Å². The summed E-state index contributed by atoms with van der Waals surface area (Å²) in [6, 6.07) is 0. The summed E-state index contributed by atoms with van der Waals surface area (Å²) in [5, 5.41) is 2.78. The first-order valence-electron chi connectivity index (χ1n) is 3.94. The Balaban J connectivity index is 2.89. The van der Waals surface area contributed by atoms with E-state index in [-0.39, 0.29) is 17.9 Å². The number of sulfone groups is 1. The number of aromatic nitrogens is 2. The number of hydrogen-bond donors (Lipinski definition) is 1. The van der Waals surface area contributed by atoms with Crippen molar-refractivity contribution in [2.24, 2.45) is 0 Å². The molecule has 0 aliphatic carbocycles. The van der Waals surface area contributed by atoms with Crippen molar-refractivity contribution in [2.45, 2.75) is 13.5 Å². The van der Waals surface area contributed by atoms with E-state index in [9.17, 15) is 13.2 Å². The number of nitrogens with zero attached hydrogens (tertiary/aromatic N) is 1. The third-order valence-corrected chi connectivity index (χ3v) is 3.61. The molecule has 0 aliphatic rings. The molecule has 1 aromatic rings. The predicted octanol–water partition coefficient (Wildman–Crippen LogP) is 0.292. The maximum atomic E-state index is 11.4. The molecule has 1 heterocycles. The lowest BCUT2D eigenvalue weighted by molar-refractivity contribution is 0.580. The van der Waals surface area contributed by atoms with Crippen molar-refractivity contribution in [1.29, 1.82) is 0 Å². The quantitative estimate of drug-likeness (QED) is 0.866. The second-order valence-corrected chi connectivity index (χ2v) is 6.19. The average Bonchev–Trinajstić information content (AvgIpc) is 2.28. The highest BCUT2D eigenvalue weighted by Crippen LogP contribution is 2.06. The molecule has 1 N–H and O–H groups in total. The van der Waals surface area contributed by atoms with E-state index in [1.807, 2.05) is 0 Å². The van der Waals surface area contributed by atoms with E-state index in [1.165, 1.54) is 4.68 Å². The van der Waals surface area contributed by atoms with Crippen molar-refractivity contribution in [2.75, 3.05) is 12.0 Å². The normalized spacial score (nSPS) is 11.9. The molecule has 14 heavy (non-hydrogen) atoms. The summed E-state index contributed by atoms with van der Waals surface area (Å²) in [4.78, 5) is 11.4. The van der Waals surface area contributed by atoms with Crippen molar-refractivity contribution >= 4 is 25.8 Å². The number of nitrogens with one attached hydrogen (secondary N) is 1. The first-order chi connectivity index (χ1) is 6.31. The second kappa shape index (κ2) is 3.90. The molecule has 0 saturated carbocycles. The SMILES string of the molecule is Cc1[nH]n(CCS(C)(=O)=O)c(=O)c1Br. The Hall–Kier alpha value is -0.560. The lowest BCUT2D eigenvalue weighted by atomic mass is 10.5. The van der Waals surface area contributed by atoms with Crippen molar-refractivity contribution in [1.82, 2.24) is 9.78 Å². The van der Waals surface area contributed by atoms with Crippen LogP contribution < -0.4 is 5.56 Å². The van der Waals surface area contributed by atoms with Gasteiger partial charge in [-0.1, -0.05) is 0 Å². The Kier molecular flexibility index (Phi) is 3.20. The van der Waals surface area contributed by atoms with E-state index < -0.39 is 9.84 Å². The highest BCUT2D eigenvalue weighted by Gasteiger charge is 2.09. The van der Waals surface area contributed by atoms with Crippen LogP contribution in [0.25, 0.3) is 0 Å². The van der Waals surface area contributed by atoms with Crippen LogP contribution in [0.3, 0.4) is 0 Å². The van der Waals surface area contributed by atoms with Crippen molar-refractivity contribution in [3.63, 3.8) is 0 Å².